The molecule has 3 aromatic rings. The van der Waals surface area contributed by atoms with E-state index in [2.05, 4.69) is 10.3 Å². The van der Waals surface area contributed by atoms with E-state index in [0.717, 1.165) is 11.4 Å². The van der Waals surface area contributed by atoms with Crippen LogP contribution in [0.1, 0.15) is 11.4 Å². The maximum atomic E-state index is 13.5. The van der Waals surface area contributed by atoms with Crippen molar-refractivity contribution >= 4 is 17.2 Å². The Bertz CT molecular complexity index is 873. The highest BCUT2D eigenvalue weighted by atomic mass is 19.1. The summed E-state index contributed by atoms with van der Waals surface area (Å²) in [5.41, 5.74) is 3.17. The van der Waals surface area contributed by atoms with Crippen LogP contribution in [0.15, 0.2) is 42.6 Å². The van der Waals surface area contributed by atoms with Crippen LogP contribution in [0.4, 0.5) is 10.1 Å². The third-order valence-electron chi connectivity index (χ3n) is 3.60. The highest BCUT2D eigenvalue weighted by Crippen LogP contribution is 2.19. The number of hydrogen-bond acceptors (Lipinski definition) is 3. The number of carbonyl (C=O) groups is 1. The van der Waals surface area contributed by atoms with Crippen molar-refractivity contribution in [2.45, 2.75) is 13.8 Å². The first-order valence-electron chi connectivity index (χ1n) is 7.17. The lowest BCUT2D eigenvalue weighted by Crippen LogP contribution is -2.20. The van der Waals surface area contributed by atoms with E-state index in [1.54, 1.807) is 18.2 Å². The number of rotatable bonds is 4. The van der Waals surface area contributed by atoms with Crippen LogP contribution < -0.4 is 10.1 Å². The zero-order chi connectivity index (χ0) is 16.4. The van der Waals surface area contributed by atoms with Crippen molar-refractivity contribution in [3.8, 4) is 5.75 Å². The van der Waals surface area contributed by atoms with E-state index in [9.17, 15) is 9.18 Å². The number of hydrogen-bond donors (Lipinski definition) is 1. The van der Waals surface area contributed by atoms with Crippen LogP contribution in [-0.4, -0.2) is 21.9 Å². The molecule has 1 aromatic carbocycles. The summed E-state index contributed by atoms with van der Waals surface area (Å²) in [6.45, 7) is 3.60. The van der Waals surface area contributed by atoms with Gasteiger partial charge < -0.3 is 14.5 Å². The lowest BCUT2D eigenvalue weighted by Gasteiger charge is -2.09. The van der Waals surface area contributed by atoms with Gasteiger partial charge in [0.1, 0.15) is 0 Å². The van der Waals surface area contributed by atoms with E-state index in [0.29, 0.717) is 11.3 Å². The minimum atomic E-state index is -0.498. The van der Waals surface area contributed by atoms with Crippen LogP contribution in [0.2, 0.25) is 0 Å². The largest absolute Gasteiger partial charge is 0.481 e. The second-order valence-electron chi connectivity index (χ2n) is 5.17. The molecule has 0 saturated heterocycles. The minimum absolute atomic E-state index is 0.0494. The van der Waals surface area contributed by atoms with Crippen molar-refractivity contribution in [2.24, 2.45) is 0 Å². The number of nitrogens with one attached hydrogen (secondary N) is 1. The standard InChI is InChI=1S/C17H16FN3O2/c1-11-12(2)21-9-5-7-14(17(21)19-11)20-16(22)10-23-15-8-4-3-6-13(15)18/h3-9H,10H2,1-2H3,(H,20,22). The molecule has 6 heteroatoms. The van der Waals surface area contributed by atoms with Gasteiger partial charge in [0.05, 0.1) is 11.4 Å². The van der Waals surface area contributed by atoms with E-state index in [-0.39, 0.29) is 18.3 Å². The van der Waals surface area contributed by atoms with E-state index < -0.39 is 5.82 Å². The molecule has 0 aliphatic heterocycles. The number of carbonyl (C=O) groups excluding carboxylic acids is 1. The van der Waals surface area contributed by atoms with Crippen LogP contribution in [-0.2, 0) is 4.79 Å². The molecule has 0 radical (unpaired) electrons. The van der Waals surface area contributed by atoms with Crippen LogP contribution in [0.3, 0.4) is 0 Å². The van der Waals surface area contributed by atoms with E-state index in [1.165, 1.54) is 12.1 Å². The van der Waals surface area contributed by atoms with Crippen LogP contribution in [0, 0.1) is 19.7 Å². The van der Waals surface area contributed by atoms with Crippen molar-refractivity contribution in [3.05, 3.63) is 59.8 Å². The van der Waals surface area contributed by atoms with Crippen molar-refractivity contribution in [2.75, 3.05) is 11.9 Å². The molecule has 1 amide bonds. The summed E-state index contributed by atoms with van der Waals surface area (Å²) in [5.74, 6) is -0.824. The van der Waals surface area contributed by atoms with Crippen molar-refractivity contribution in [3.63, 3.8) is 0 Å². The van der Waals surface area contributed by atoms with Gasteiger partial charge in [0, 0.05) is 11.9 Å². The Labute approximate surface area is 132 Å². The fraction of sp³-hybridized carbons (Fsp3) is 0.176. The fourth-order valence-corrected chi connectivity index (χ4v) is 2.29. The summed E-state index contributed by atoms with van der Waals surface area (Å²) in [6, 6.07) is 9.56. The summed E-state index contributed by atoms with van der Waals surface area (Å²) < 4.78 is 20.6. The summed E-state index contributed by atoms with van der Waals surface area (Å²) in [6.07, 6.45) is 1.89. The monoisotopic (exact) mass is 313 g/mol. The molecular formula is C17H16FN3O2. The van der Waals surface area contributed by atoms with Crippen LogP contribution >= 0.6 is 0 Å². The molecule has 1 N–H and O–H groups in total. The second kappa shape index (κ2) is 6.08. The normalized spacial score (nSPS) is 10.7. The predicted octanol–water partition coefficient (Wildman–Crippen LogP) is 3.11. The van der Waals surface area contributed by atoms with Crippen molar-refractivity contribution in [1.82, 2.24) is 9.38 Å². The van der Waals surface area contributed by atoms with E-state index in [1.807, 2.05) is 30.5 Å². The molecule has 0 saturated carbocycles. The SMILES string of the molecule is Cc1nc2c(NC(=O)COc3ccccc3F)cccn2c1C. The minimum Gasteiger partial charge on any atom is -0.481 e. The molecule has 0 bridgehead atoms. The lowest BCUT2D eigenvalue weighted by atomic mass is 10.3. The number of aryl methyl sites for hydroxylation is 2. The molecule has 0 spiro atoms. The topological polar surface area (TPSA) is 55.6 Å². The molecule has 0 unspecified atom stereocenters. The highest BCUT2D eigenvalue weighted by molar-refractivity contribution is 5.95. The van der Waals surface area contributed by atoms with Crippen LogP contribution in [0.25, 0.3) is 5.65 Å². The average Bonchev–Trinajstić information content (AvgIpc) is 2.83. The smallest absolute Gasteiger partial charge is 0.262 e. The third-order valence-corrected chi connectivity index (χ3v) is 3.60. The molecular weight excluding hydrogens is 297 g/mol. The first kappa shape index (κ1) is 15.0. The summed E-state index contributed by atoms with van der Waals surface area (Å²) in [7, 11) is 0. The number of pyridine rings is 1. The Morgan fingerprint density at radius 3 is 2.83 bits per heavy atom. The number of amides is 1. The first-order valence-corrected chi connectivity index (χ1v) is 7.17. The van der Waals surface area contributed by atoms with Gasteiger partial charge in [-0.3, -0.25) is 4.79 Å². The first-order chi connectivity index (χ1) is 11.1. The Balaban J connectivity index is 1.73. The fourth-order valence-electron chi connectivity index (χ4n) is 2.29. The van der Waals surface area contributed by atoms with Gasteiger partial charge in [-0.2, -0.15) is 0 Å². The molecule has 0 aliphatic carbocycles. The van der Waals surface area contributed by atoms with Gasteiger partial charge in [0.25, 0.3) is 5.91 Å². The number of imidazole rings is 1. The van der Waals surface area contributed by atoms with Gasteiger partial charge in [-0.1, -0.05) is 12.1 Å². The lowest BCUT2D eigenvalue weighted by molar-refractivity contribution is -0.118. The van der Waals surface area contributed by atoms with Crippen molar-refractivity contribution < 1.29 is 13.9 Å². The number of para-hydroxylation sites is 1. The number of aromatic nitrogens is 2. The Morgan fingerprint density at radius 2 is 2.04 bits per heavy atom. The maximum absolute atomic E-state index is 13.5. The number of halogens is 1. The van der Waals surface area contributed by atoms with Crippen molar-refractivity contribution in [1.29, 1.82) is 0 Å². The van der Waals surface area contributed by atoms with Gasteiger partial charge in [0.2, 0.25) is 0 Å². The molecule has 0 fully saturated rings. The van der Waals surface area contributed by atoms with E-state index >= 15 is 0 Å². The number of benzene rings is 1. The predicted molar refractivity (Wildman–Crippen MR) is 85.2 cm³/mol. The molecule has 0 atom stereocenters. The number of fused-ring (bicyclic) bond motifs is 1. The molecule has 5 nitrogen and oxygen atoms in total. The molecule has 3 rings (SSSR count). The van der Waals surface area contributed by atoms with Gasteiger partial charge in [-0.05, 0) is 38.1 Å². The molecule has 2 heterocycles. The Kier molecular flexibility index (Phi) is 3.97. The number of ether oxygens (including phenoxy) is 1. The zero-order valence-corrected chi connectivity index (χ0v) is 12.8. The van der Waals surface area contributed by atoms with Crippen LogP contribution in [0.5, 0.6) is 5.75 Å². The Hall–Kier alpha value is -2.89. The number of nitrogens with zero attached hydrogens (tertiary/aromatic N) is 2. The van der Waals surface area contributed by atoms with Gasteiger partial charge in [0.15, 0.2) is 23.8 Å². The quantitative estimate of drug-likeness (QED) is 0.805. The molecule has 2 aromatic heterocycles. The zero-order valence-electron chi connectivity index (χ0n) is 12.8. The molecule has 118 valence electrons. The van der Waals surface area contributed by atoms with Gasteiger partial charge in [-0.15, -0.1) is 0 Å². The summed E-state index contributed by atoms with van der Waals surface area (Å²) in [4.78, 5) is 16.5. The Morgan fingerprint density at radius 1 is 1.26 bits per heavy atom. The average molecular weight is 313 g/mol. The van der Waals surface area contributed by atoms with Gasteiger partial charge in [-0.25, -0.2) is 9.37 Å². The number of anilines is 1. The summed E-state index contributed by atoms with van der Waals surface area (Å²) in [5, 5.41) is 2.75. The summed E-state index contributed by atoms with van der Waals surface area (Å²) >= 11 is 0. The van der Waals surface area contributed by atoms with Gasteiger partial charge >= 0.3 is 0 Å². The third kappa shape index (κ3) is 3.01. The second-order valence-corrected chi connectivity index (χ2v) is 5.17. The highest BCUT2D eigenvalue weighted by Gasteiger charge is 2.12. The molecule has 0 aliphatic rings. The molecule has 23 heavy (non-hydrogen) atoms. The van der Waals surface area contributed by atoms with E-state index in [4.69, 9.17) is 4.74 Å². The maximum Gasteiger partial charge on any atom is 0.262 e.